The van der Waals surface area contributed by atoms with Gasteiger partial charge in [0.15, 0.2) is 0 Å². The summed E-state index contributed by atoms with van der Waals surface area (Å²) >= 11 is 0. The lowest BCUT2D eigenvalue weighted by Crippen LogP contribution is -2.00. The molecule has 0 bridgehead atoms. The minimum atomic E-state index is 0.577. The molecule has 1 heterocycles. The number of hydrogen-bond acceptors (Lipinski definition) is 2. The van der Waals surface area contributed by atoms with Gasteiger partial charge >= 0.3 is 0 Å². The van der Waals surface area contributed by atoms with E-state index < -0.39 is 0 Å². The van der Waals surface area contributed by atoms with Gasteiger partial charge < -0.3 is 10.3 Å². The quantitative estimate of drug-likeness (QED) is 0.737. The van der Waals surface area contributed by atoms with Gasteiger partial charge in [-0.05, 0) is 12.5 Å². The number of rotatable bonds is 3. The van der Waals surface area contributed by atoms with Crippen molar-refractivity contribution in [3.63, 3.8) is 0 Å². The van der Waals surface area contributed by atoms with Crippen LogP contribution in [0.1, 0.15) is 25.5 Å². The van der Waals surface area contributed by atoms with Gasteiger partial charge in [-0.1, -0.05) is 13.3 Å². The van der Waals surface area contributed by atoms with Crippen molar-refractivity contribution in [3.05, 3.63) is 18.0 Å². The Hall–Kier alpha value is -1.43. The van der Waals surface area contributed by atoms with Gasteiger partial charge in [-0.2, -0.15) is 5.26 Å². The highest BCUT2D eigenvalue weighted by Crippen LogP contribution is 2.12. The minimum absolute atomic E-state index is 0.577. The number of nitriles is 1. The summed E-state index contributed by atoms with van der Waals surface area (Å²) in [5.74, 6) is 0. The van der Waals surface area contributed by atoms with Crippen LogP contribution in [0.25, 0.3) is 0 Å². The fourth-order valence-corrected chi connectivity index (χ4v) is 1.13. The summed E-state index contributed by atoms with van der Waals surface area (Å²) in [4.78, 5) is 0. The molecule has 0 amide bonds. The molecule has 3 nitrogen and oxygen atoms in total. The molecule has 0 fully saturated rings. The van der Waals surface area contributed by atoms with Crippen molar-refractivity contribution < 1.29 is 0 Å². The molecule has 1 aromatic heterocycles. The van der Waals surface area contributed by atoms with E-state index in [1.807, 2.05) is 10.8 Å². The fourth-order valence-electron chi connectivity index (χ4n) is 1.13. The van der Waals surface area contributed by atoms with Crippen LogP contribution in [0.5, 0.6) is 0 Å². The van der Waals surface area contributed by atoms with E-state index in [0.717, 1.165) is 19.4 Å². The Morgan fingerprint density at radius 3 is 3.00 bits per heavy atom. The number of nitrogens with two attached hydrogens (primary N) is 1. The number of aromatic nitrogens is 1. The first-order valence-electron chi connectivity index (χ1n) is 4.14. The van der Waals surface area contributed by atoms with Crippen LogP contribution in [0.4, 0.5) is 5.69 Å². The summed E-state index contributed by atoms with van der Waals surface area (Å²) in [6.07, 6.45) is 4.08. The monoisotopic (exact) mass is 163 g/mol. The predicted octanol–water partition coefficient (Wildman–Crippen LogP) is 1.74. The first kappa shape index (κ1) is 8.66. The second-order valence-electron chi connectivity index (χ2n) is 2.78. The van der Waals surface area contributed by atoms with Crippen LogP contribution in [-0.4, -0.2) is 4.57 Å². The Kier molecular flexibility index (Phi) is 2.76. The van der Waals surface area contributed by atoms with E-state index in [1.165, 1.54) is 0 Å². The molecule has 0 aliphatic carbocycles. The molecule has 0 atom stereocenters. The largest absolute Gasteiger partial charge is 0.396 e. The molecule has 0 aromatic carbocycles. The van der Waals surface area contributed by atoms with Crippen molar-refractivity contribution in [2.24, 2.45) is 0 Å². The van der Waals surface area contributed by atoms with E-state index in [-0.39, 0.29) is 0 Å². The fraction of sp³-hybridized carbons (Fsp3) is 0.444. The number of nitrogen functional groups attached to an aromatic ring is 1. The summed E-state index contributed by atoms with van der Waals surface area (Å²) in [6, 6.07) is 3.86. The van der Waals surface area contributed by atoms with Crippen LogP contribution >= 0.6 is 0 Å². The Balaban J connectivity index is 2.79. The molecule has 1 aromatic rings. The molecule has 2 N–H and O–H groups in total. The van der Waals surface area contributed by atoms with E-state index in [2.05, 4.69) is 13.0 Å². The van der Waals surface area contributed by atoms with Crippen molar-refractivity contribution in [1.82, 2.24) is 4.57 Å². The number of anilines is 1. The van der Waals surface area contributed by atoms with Crippen LogP contribution in [0.3, 0.4) is 0 Å². The summed E-state index contributed by atoms with van der Waals surface area (Å²) in [7, 11) is 0. The van der Waals surface area contributed by atoms with Crippen LogP contribution in [-0.2, 0) is 6.54 Å². The summed E-state index contributed by atoms with van der Waals surface area (Å²) in [6.45, 7) is 3.01. The van der Waals surface area contributed by atoms with E-state index in [0.29, 0.717) is 11.4 Å². The van der Waals surface area contributed by atoms with Crippen molar-refractivity contribution in [2.45, 2.75) is 26.3 Å². The lowest BCUT2D eigenvalue weighted by molar-refractivity contribution is 0.630. The normalized spacial score (nSPS) is 9.67. The van der Waals surface area contributed by atoms with Gasteiger partial charge in [0.2, 0.25) is 0 Å². The zero-order valence-electron chi connectivity index (χ0n) is 7.25. The topological polar surface area (TPSA) is 54.7 Å². The third kappa shape index (κ3) is 1.59. The standard InChI is InChI=1S/C9H13N3/c1-2-3-5-12-6-4-8(11)9(12)7-10/h4,6H,2-3,5,11H2,1H3. The van der Waals surface area contributed by atoms with E-state index in [4.69, 9.17) is 11.0 Å². The lowest BCUT2D eigenvalue weighted by atomic mass is 10.3. The maximum absolute atomic E-state index is 8.74. The highest BCUT2D eigenvalue weighted by molar-refractivity contribution is 5.50. The number of aryl methyl sites for hydroxylation is 1. The zero-order valence-corrected chi connectivity index (χ0v) is 7.25. The molecule has 12 heavy (non-hydrogen) atoms. The average Bonchev–Trinajstić information content (AvgIpc) is 2.43. The average molecular weight is 163 g/mol. The number of nitrogens with zero attached hydrogens (tertiary/aromatic N) is 2. The first-order chi connectivity index (χ1) is 5.79. The van der Waals surface area contributed by atoms with Gasteiger partial charge in [-0.3, -0.25) is 0 Å². The van der Waals surface area contributed by atoms with Crippen LogP contribution in [0.2, 0.25) is 0 Å². The van der Waals surface area contributed by atoms with Crippen LogP contribution in [0.15, 0.2) is 12.3 Å². The number of unbranched alkanes of at least 4 members (excludes halogenated alkanes) is 1. The smallest absolute Gasteiger partial charge is 0.143 e. The highest BCUT2D eigenvalue weighted by atomic mass is 15.0. The van der Waals surface area contributed by atoms with Gasteiger partial charge in [0, 0.05) is 12.7 Å². The van der Waals surface area contributed by atoms with Gasteiger partial charge in [0.25, 0.3) is 0 Å². The predicted molar refractivity (Wildman–Crippen MR) is 48.5 cm³/mol. The molecule has 0 aliphatic rings. The molecule has 0 unspecified atom stereocenters. The number of hydrogen-bond donors (Lipinski definition) is 1. The van der Waals surface area contributed by atoms with Crippen molar-refractivity contribution in [3.8, 4) is 6.07 Å². The Bertz CT molecular complexity index is 293. The molecule has 0 saturated carbocycles. The zero-order chi connectivity index (χ0) is 8.97. The molecular formula is C9H13N3. The van der Waals surface area contributed by atoms with E-state index in [9.17, 15) is 0 Å². The Morgan fingerprint density at radius 2 is 2.42 bits per heavy atom. The van der Waals surface area contributed by atoms with Gasteiger partial charge in [-0.15, -0.1) is 0 Å². The van der Waals surface area contributed by atoms with Crippen LogP contribution < -0.4 is 5.73 Å². The first-order valence-corrected chi connectivity index (χ1v) is 4.14. The van der Waals surface area contributed by atoms with Crippen molar-refractivity contribution in [2.75, 3.05) is 5.73 Å². The summed E-state index contributed by atoms with van der Waals surface area (Å²) in [5.41, 5.74) is 6.74. The van der Waals surface area contributed by atoms with Gasteiger partial charge in [0.05, 0.1) is 5.69 Å². The molecule has 0 radical (unpaired) electrons. The van der Waals surface area contributed by atoms with E-state index >= 15 is 0 Å². The summed E-state index contributed by atoms with van der Waals surface area (Å²) in [5, 5.41) is 8.74. The third-order valence-electron chi connectivity index (χ3n) is 1.85. The molecule has 0 spiro atoms. The molecular weight excluding hydrogens is 150 g/mol. The SMILES string of the molecule is CCCCn1ccc(N)c1C#N. The maximum Gasteiger partial charge on any atom is 0.143 e. The third-order valence-corrected chi connectivity index (χ3v) is 1.85. The van der Waals surface area contributed by atoms with Gasteiger partial charge in [0.1, 0.15) is 11.8 Å². The molecule has 0 aliphatic heterocycles. The minimum Gasteiger partial charge on any atom is -0.396 e. The van der Waals surface area contributed by atoms with Crippen molar-refractivity contribution in [1.29, 1.82) is 5.26 Å². The molecule has 64 valence electrons. The lowest BCUT2D eigenvalue weighted by Gasteiger charge is -2.02. The van der Waals surface area contributed by atoms with Gasteiger partial charge in [-0.25, -0.2) is 0 Å². The molecule has 3 heteroatoms. The van der Waals surface area contributed by atoms with E-state index in [1.54, 1.807) is 6.07 Å². The van der Waals surface area contributed by atoms with Crippen LogP contribution in [0, 0.1) is 11.3 Å². The Morgan fingerprint density at radius 1 is 1.67 bits per heavy atom. The molecule has 1 rings (SSSR count). The Labute approximate surface area is 72.4 Å². The molecule has 0 saturated heterocycles. The van der Waals surface area contributed by atoms with Crippen molar-refractivity contribution >= 4 is 5.69 Å². The highest BCUT2D eigenvalue weighted by Gasteiger charge is 2.03. The maximum atomic E-state index is 8.74. The second kappa shape index (κ2) is 3.82. The second-order valence-corrected chi connectivity index (χ2v) is 2.78. The summed E-state index contributed by atoms with van der Waals surface area (Å²) < 4.78 is 1.90.